The van der Waals surface area contributed by atoms with Crippen LogP contribution < -0.4 is 14.8 Å². The molecule has 0 spiro atoms. The van der Waals surface area contributed by atoms with Gasteiger partial charge in [0.1, 0.15) is 11.5 Å². The van der Waals surface area contributed by atoms with E-state index in [9.17, 15) is 0 Å². The molecule has 1 aliphatic heterocycles. The van der Waals surface area contributed by atoms with E-state index in [0.717, 1.165) is 42.9 Å². The largest absolute Gasteiger partial charge is 0.497 e. The molecule has 1 saturated heterocycles. The second-order valence-electron chi connectivity index (χ2n) is 7.16. The Morgan fingerprint density at radius 3 is 2.56 bits per heavy atom. The summed E-state index contributed by atoms with van der Waals surface area (Å²) in [5, 5.41) is 3.66. The van der Waals surface area contributed by atoms with E-state index in [1.54, 1.807) is 14.2 Å². The average Bonchev–Trinajstić information content (AvgIpc) is 3.18. The minimum absolute atomic E-state index is 0.480. The molecule has 0 aromatic heterocycles. The van der Waals surface area contributed by atoms with Gasteiger partial charge in [0, 0.05) is 38.2 Å². The smallest absolute Gasteiger partial charge is 0.193 e. The van der Waals surface area contributed by atoms with Crippen molar-refractivity contribution in [1.29, 1.82) is 0 Å². The van der Waals surface area contributed by atoms with Crippen LogP contribution in [-0.2, 0) is 0 Å². The van der Waals surface area contributed by atoms with Gasteiger partial charge in [0.15, 0.2) is 5.96 Å². The molecule has 0 amide bonds. The van der Waals surface area contributed by atoms with Crippen molar-refractivity contribution in [3.8, 4) is 11.5 Å². The van der Waals surface area contributed by atoms with Gasteiger partial charge in [-0.1, -0.05) is 13.3 Å². The highest BCUT2D eigenvalue weighted by atomic mass is 16.5. The zero-order valence-corrected chi connectivity index (χ0v) is 15.9. The van der Waals surface area contributed by atoms with Crippen molar-refractivity contribution in [2.75, 3.05) is 34.4 Å². The van der Waals surface area contributed by atoms with Gasteiger partial charge in [-0.3, -0.25) is 4.99 Å². The number of nitrogens with one attached hydrogen (secondary N) is 1. The van der Waals surface area contributed by atoms with Gasteiger partial charge in [0.05, 0.1) is 14.2 Å². The first-order valence-corrected chi connectivity index (χ1v) is 9.39. The van der Waals surface area contributed by atoms with Crippen LogP contribution in [0.4, 0.5) is 0 Å². The quantitative estimate of drug-likeness (QED) is 0.635. The van der Waals surface area contributed by atoms with Crippen molar-refractivity contribution in [2.24, 2.45) is 10.9 Å². The molecular formula is C20H31N3O2. The van der Waals surface area contributed by atoms with E-state index in [1.165, 1.54) is 24.8 Å². The highest BCUT2D eigenvalue weighted by molar-refractivity contribution is 5.81. The first kappa shape index (κ1) is 17.9. The van der Waals surface area contributed by atoms with E-state index in [2.05, 4.69) is 34.3 Å². The lowest BCUT2D eigenvalue weighted by atomic mass is 9.98. The van der Waals surface area contributed by atoms with E-state index >= 15 is 0 Å². The van der Waals surface area contributed by atoms with Gasteiger partial charge in [0.2, 0.25) is 0 Å². The van der Waals surface area contributed by atoms with Crippen LogP contribution in [0.5, 0.6) is 11.5 Å². The Labute approximate surface area is 151 Å². The lowest BCUT2D eigenvalue weighted by Crippen LogP contribution is -2.41. The van der Waals surface area contributed by atoms with Crippen LogP contribution >= 0.6 is 0 Å². The molecule has 2 aliphatic rings. The van der Waals surface area contributed by atoms with Gasteiger partial charge in [-0.25, -0.2) is 0 Å². The average molecular weight is 345 g/mol. The summed E-state index contributed by atoms with van der Waals surface area (Å²) in [5.74, 6) is 4.09. The predicted molar refractivity (Wildman–Crippen MR) is 102 cm³/mol. The monoisotopic (exact) mass is 345 g/mol. The molecule has 2 fully saturated rings. The number of hydrogen-bond acceptors (Lipinski definition) is 3. The van der Waals surface area contributed by atoms with Gasteiger partial charge in [-0.15, -0.1) is 0 Å². The lowest BCUT2D eigenvalue weighted by Gasteiger charge is -2.22. The van der Waals surface area contributed by atoms with Gasteiger partial charge in [-0.05, 0) is 42.9 Å². The van der Waals surface area contributed by atoms with Crippen molar-refractivity contribution in [2.45, 2.75) is 44.6 Å². The first-order valence-electron chi connectivity index (χ1n) is 9.39. The standard InChI is InChI=1S/C20H31N3O2/c1-5-6-14-11-19(14)22-20(21-2)23-8-7-15(13-23)16-9-17(24-3)12-18(10-16)25-4/h9-10,12,14-15,19H,5-8,11,13H2,1-4H3,(H,21,22). The topological polar surface area (TPSA) is 46.1 Å². The third-order valence-corrected chi connectivity index (χ3v) is 5.44. The minimum atomic E-state index is 0.480. The van der Waals surface area contributed by atoms with E-state index in [-0.39, 0.29) is 0 Å². The fraction of sp³-hybridized carbons (Fsp3) is 0.650. The van der Waals surface area contributed by atoms with Crippen LogP contribution in [0.1, 0.15) is 44.1 Å². The molecule has 1 heterocycles. The molecule has 0 bridgehead atoms. The summed E-state index contributed by atoms with van der Waals surface area (Å²) >= 11 is 0. The van der Waals surface area contributed by atoms with Crippen molar-refractivity contribution in [3.05, 3.63) is 23.8 Å². The molecule has 3 rings (SSSR count). The Hall–Kier alpha value is -1.91. The molecule has 1 saturated carbocycles. The number of rotatable bonds is 6. The number of hydrogen-bond donors (Lipinski definition) is 1. The van der Waals surface area contributed by atoms with Crippen LogP contribution in [0.2, 0.25) is 0 Å². The maximum Gasteiger partial charge on any atom is 0.193 e. The van der Waals surface area contributed by atoms with E-state index < -0.39 is 0 Å². The Bertz CT molecular complexity index is 595. The predicted octanol–water partition coefficient (Wildman–Crippen LogP) is 3.26. The lowest BCUT2D eigenvalue weighted by molar-refractivity contribution is 0.392. The molecule has 1 aromatic carbocycles. The van der Waals surface area contributed by atoms with Crippen LogP contribution in [0.25, 0.3) is 0 Å². The first-order chi connectivity index (χ1) is 12.2. The highest BCUT2D eigenvalue weighted by Crippen LogP contribution is 2.36. The SMILES string of the molecule is CCCC1CC1NC(=NC)N1CCC(c2cc(OC)cc(OC)c2)C1. The zero-order valence-electron chi connectivity index (χ0n) is 15.9. The van der Waals surface area contributed by atoms with Crippen LogP contribution in [0.3, 0.4) is 0 Å². The second-order valence-corrected chi connectivity index (χ2v) is 7.16. The van der Waals surface area contributed by atoms with E-state index in [4.69, 9.17) is 9.47 Å². The van der Waals surface area contributed by atoms with Crippen LogP contribution in [0.15, 0.2) is 23.2 Å². The normalized spacial score (nSPS) is 25.8. The zero-order chi connectivity index (χ0) is 17.8. The molecule has 138 valence electrons. The minimum Gasteiger partial charge on any atom is -0.497 e. The Morgan fingerprint density at radius 1 is 1.24 bits per heavy atom. The molecule has 1 aromatic rings. The number of likely N-dealkylation sites (tertiary alicyclic amines) is 1. The molecule has 5 nitrogen and oxygen atoms in total. The van der Waals surface area contributed by atoms with E-state index in [1.807, 2.05) is 13.1 Å². The maximum atomic E-state index is 5.42. The molecule has 1 N–H and O–H groups in total. The third-order valence-electron chi connectivity index (χ3n) is 5.44. The van der Waals surface area contributed by atoms with Gasteiger partial charge in [0.25, 0.3) is 0 Å². The molecule has 3 unspecified atom stereocenters. The fourth-order valence-corrected chi connectivity index (χ4v) is 3.87. The maximum absolute atomic E-state index is 5.42. The number of nitrogens with zero attached hydrogens (tertiary/aromatic N) is 2. The summed E-state index contributed by atoms with van der Waals surface area (Å²) in [7, 11) is 5.29. The van der Waals surface area contributed by atoms with Crippen LogP contribution in [-0.4, -0.2) is 51.3 Å². The third kappa shape index (κ3) is 4.20. The van der Waals surface area contributed by atoms with Crippen molar-refractivity contribution in [1.82, 2.24) is 10.2 Å². The summed E-state index contributed by atoms with van der Waals surface area (Å²) in [6.07, 6.45) is 5.00. The summed E-state index contributed by atoms with van der Waals surface area (Å²) in [6, 6.07) is 6.81. The summed E-state index contributed by atoms with van der Waals surface area (Å²) in [6.45, 7) is 4.29. The number of ether oxygens (including phenoxy) is 2. The van der Waals surface area contributed by atoms with Crippen molar-refractivity contribution < 1.29 is 9.47 Å². The molecular weight excluding hydrogens is 314 g/mol. The van der Waals surface area contributed by atoms with E-state index in [0.29, 0.717) is 12.0 Å². The van der Waals surface area contributed by atoms with Crippen LogP contribution in [0, 0.1) is 5.92 Å². The molecule has 1 aliphatic carbocycles. The summed E-state index contributed by atoms with van der Waals surface area (Å²) < 4.78 is 10.8. The highest BCUT2D eigenvalue weighted by Gasteiger charge is 2.38. The summed E-state index contributed by atoms with van der Waals surface area (Å²) in [4.78, 5) is 6.91. The van der Waals surface area contributed by atoms with Gasteiger partial charge in [-0.2, -0.15) is 0 Å². The van der Waals surface area contributed by atoms with Gasteiger partial charge >= 0.3 is 0 Å². The molecule has 25 heavy (non-hydrogen) atoms. The number of aliphatic imine (C=N–C) groups is 1. The second kappa shape index (κ2) is 7.98. The fourth-order valence-electron chi connectivity index (χ4n) is 3.87. The molecule has 5 heteroatoms. The Morgan fingerprint density at radius 2 is 1.96 bits per heavy atom. The Balaban J connectivity index is 1.63. The number of guanidine groups is 1. The Kier molecular flexibility index (Phi) is 5.71. The summed E-state index contributed by atoms with van der Waals surface area (Å²) in [5.41, 5.74) is 1.28. The van der Waals surface area contributed by atoms with Crippen molar-refractivity contribution in [3.63, 3.8) is 0 Å². The van der Waals surface area contributed by atoms with Gasteiger partial charge < -0.3 is 19.7 Å². The number of methoxy groups -OCH3 is 2. The molecule has 3 atom stereocenters. The number of benzene rings is 1. The van der Waals surface area contributed by atoms with Crippen molar-refractivity contribution >= 4 is 5.96 Å². The molecule has 0 radical (unpaired) electrons.